The van der Waals surface area contributed by atoms with Crippen molar-refractivity contribution >= 4 is 11.7 Å². The van der Waals surface area contributed by atoms with Crippen molar-refractivity contribution in [2.24, 2.45) is 12.8 Å². The van der Waals surface area contributed by atoms with E-state index in [1.54, 1.807) is 0 Å². The quantitative estimate of drug-likeness (QED) is 0.633. The summed E-state index contributed by atoms with van der Waals surface area (Å²) in [7, 11) is 1.89. The molecule has 1 aliphatic rings. The molecule has 0 amide bonds. The first-order chi connectivity index (χ1) is 9.02. The largest absolute Gasteiger partial charge is 0.384 e. The van der Waals surface area contributed by atoms with Crippen molar-refractivity contribution in [3.63, 3.8) is 0 Å². The van der Waals surface area contributed by atoms with E-state index in [1.165, 1.54) is 0 Å². The molecule has 1 fully saturated rings. The maximum atomic E-state index is 7.81. The number of nitrogen functional groups attached to an aromatic ring is 1. The minimum Gasteiger partial charge on any atom is -0.384 e. The standard InChI is InChI=1S/C14H25N5O/c1-9-10(11(15)16)12(18(6)17-9)19-7-13(2,3)20-14(4,5)8-19/h7-8H2,1-6H3,(H3,15,16). The molecule has 1 aromatic rings. The zero-order valence-corrected chi connectivity index (χ0v) is 13.2. The number of rotatable bonds is 2. The molecule has 0 aromatic carbocycles. The van der Waals surface area contributed by atoms with Crippen LogP contribution in [0.25, 0.3) is 0 Å². The van der Waals surface area contributed by atoms with Crippen molar-refractivity contribution in [1.82, 2.24) is 9.78 Å². The van der Waals surface area contributed by atoms with Gasteiger partial charge in [-0.3, -0.25) is 10.1 Å². The highest BCUT2D eigenvalue weighted by Crippen LogP contribution is 2.33. The predicted molar refractivity (Wildman–Crippen MR) is 80.4 cm³/mol. The first kappa shape index (κ1) is 14.8. The van der Waals surface area contributed by atoms with Crippen LogP contribution >= 0.6 is 0 Å². The van der Waals surface area contributed by atoms with Gasteiger partial charge < -0.3 is 15.4 Å². The number of hydrogen-bond donors (Lipinski definition) is 2. The first-order valence-corrected chi connectivity index (χ1v) is 6.85. The summed E-state index contributed by atoms with van der Waals surface area (Å²) in [6.45, 7) is 11.7. The highest BCUT2D eigenvalue weighted by atomic mass is 16.5. The van der Waals surface area contributed by atoms with Crippen molar-refractivity contribution in [1.29, 1.82) is 5.41 Å². The molecule has 0 spiro atoms. The highest BCUT2D eigenvalue weighted by molar-refractivity contribution is 6.01. The van der Waals surface area contributed by atoms with Crippen LogP contribution in [-0.4, -0.2) is 39.9 Å². The lowest BCUT2D eigenvalue weighted by molar-refractivity contribution is -0.133. The minimum absolute atomic E-state index is 0.0627. The van der Waals surface area contributed by atoms with Crippen LogP contribution in [0, 0.1) is 12.3 Å². The molecule has 1 aromatic heterocycles. The van der Waals surface area contributed by atoms with Crippen molar-refractivity contribution in [3.05, 3.63) is 11.3 Å². The van der Waals surface area contributed by atoms with Crippen LogP contribution in [0.15, 0.2) is 0 Å². The Balaban J connectivity index is 2.48. The Hall–Kier alpha value is -1.56. The Morgan fingerprint density at radius 3 is 2.20 bits per heavy atom. The van der Waals surface area contributed by atoms with Crippen LogP contribution in [0.5, 0.6) is 0 Å². The van der Waals surface area contributed by atoms with Gasteiger partial charge in [0.2, 0.25) is 0 Å². The Kier molecular flexibility index (Phi) is 3.32. The summed E-state index contributed by atoms with van der Waals surface area (Å²) in [6.07, 6.45) is 0. The molecule has 0 saturated carbocycles. The molecule has 2 rings (SSSR count). The number of nitrogens with zero attached hydrogens (tertiary/aromatic N) is 3. The van der Waals surface area contributed by atoms with Crippen LogP contribution in [0.1, 0.15) is 39.0 Å². The van der Waals surface area contributed by atoms with E-state index < -0.39 is 0 Å². The number of ether oxygens (including phenoxy) is 1. The molecular weight excluding hydrogens is 254 g/mol. The summed E-state index contributed by atoms with van der Waals surface area (Å²) >= 11 is 0. The third-order valence-electron chi connectivity index (χ3n) is 3.46. The molecule has 0 aliphatic carbocycles. The van der Waals surface area contributed by atoms with Gasteiger partial charge in [-0.15, -0.1) is 0 Å². The van der Waals surface area contributed by atoms with Gasteiger partial charge in [0.15, 0.2) is 0 Å². The van der Waals surface area contributed by atoms with E-state index in [0.717, 1.165) is 30.2 Å². The van der Waals surface area contributed by atoms with Gasteiger partial charge in [-0.05, 0) is 34.6 Å². The fourth-order valence-electron chi connectivity index (χ4n) is 3.26. The number of anilines is 1. The van der Waals surface area contributed by atoms with Crippen LogP contribution in [0.3, 0.4) is 0 Å². The number of hydrogen-bond acceptors (Lipinski definition) is 4. The summed E-state index contributed by atoms with van der Waals surface area (Å²) in [5.74, 6) is 0.965. The van der Waals surface area contributed by atoms with Gasteiger partial charge in [0.1, 0.15) is 11.7 Å². The van der Waals surface area contributed by atoms with E-state index >= 15 is 0 Å². The van der Waals surface area contributed by atoms with E-state index in [-0.39, 0.29) is 17.0 Å². The maximum Gasteiger partial charge on any atom is 0.138 e. The van der Waals surface area contributed by atoms with Gasteiger partial charge in [0.05, 0.1) is 22.5 Å². The monoisotopic (exact) mass is 279 g/mol. The third kappa shape index (κ3) is 2.65. The fourth-order valence-corrected chi connectivity index (χ4v) is 3.26. The summed E-state index contributed by atoms with van der Waals surface area (Å²) in [5.41, 5.74) is 6.74. The van der Waals surface area contributed by atoms with Gasteiger partial charge in [0, 0.05) is 20.1 Å². The first-order valence-electron chi connectivity index (χ1n) is 6.85. The molecule has 6 heteroatoms. The second kappa shape index (κ2) is 4.48. The smallest absolute Gasteiger partial charge is 0.138 e. The molecule has 1 aliphatic heterocycles. The fraction of sp³-hybridized carbons (Fsp3) is 0.714. The summed E-state index contributed by atoms with van der Waals surface area (Å²) in [6, 6.07) is 0. The van der Waals surface area contributed by atoms with Crippen molar-refractivity contribution in [2.45, 2.75) is 45.8 Å². The zero-order chi connectivity index (χ0) is 15.3. The van der Waals surface area contributed by atoms with Gasteiger partial charge >= 0.3 is 0 Å². The normalized spacial score (nSPS) is 21.0. The lowest BCUT2D eigenvalue weighted by Gasteiger charge is -2.48. The molecule has 0 atom stereocenters. The molecule has 0 bridgehead atoms. The Morgan fingerprint density at radius 1 is 1.25 bits per heavy atom. The topological polar surface area (TPSA) is 80.2 Å². The van der Waals surface area contributed by atoms with Gasteiger partial charge in [-0.2, -0.15) is 5.10 Å². The zero-order valence-electron chi connectivity index (χ0n) is 13.2. The predicted octanol–water partition coefficient (Wildman–Crippen LogP) is 1.41. The second-order valence-corrected chi connectivity index (χ2v) is 6.80. The number of aryl methyl sites for hydroxylation is 2. The van der Waals surface area contributed by atoms with Gasteiger partial charge in [0.25, 0.3) is 0 Å². The maximum absolute atomic E-state index is 7.81. The van der Waals surface area contributed by atoms with E-state index in [1.807, 2.05) is 18.7 Å². The van der Waals surface area contributed by atoms with E-state index in [2.05, 4.69) is 37.7 Å². The summed E-state index contributed by atoms with van der Waals surface area (Å²) in [5, 5.41) is 12.2. The van der Waals surface area contributed by atoms with Crippen LogP contribution in [-0.2, 0) is 11.8 Å². The number of amidine groups is 1. The number of nitrogens with two attached hydrogens (primary N) is 1. The lowest BCUT2D eigenvalue weighted by Crippen LogP contribution is -2.58. The molecule has 1 saturated heterocycles. The lowest BCUT2D eigenvalue weighted by atomic mass is 9.98. The number of nitrogens with one attached hydrogen (secondary N) is 1. The average Bonchev–Trinajstić information content (AvgIpc) is 2.48. The van der Waals surface area contributed by atoms with E-state index in [9.17, 15) is 0 Å². The molecule has 20 heavy (non-hydrogen) atoms. The van der Waals surface area contributed by atoms with Crippen LogP contribution in [0.2, 0.25) is 0 Å². The molecule has 6 nitrogen and oxygen atoms in total. The molecule has 0 unspecified atom stereocenters. The van der Waals surface area contributed by atoms with Gasteiger partial charge in [-0.25, -0.2) is 0 Å². The molecule has 3 N–H and O–H groups in total. The van der Waals surface area contributed by atoms with Crippen LogP contribution < -0.4 is 10.6 Å². The van der Waals surface area contributed by atoms with E-state index in [4.69, 9.17) is 15.9 Å². The van der Waals surface area contributed by atoms with Crippen molar-refractivity contribution < 1.29 is 4.74 Å². The van der Waals surface area contributed by atoms with E-state index in [0.29, 0.717) is 0 Å². The van der Waals surface area contributed by atoms with Crippen molar-refractivity contribution in [2.75, 3.05) is 18.0 Å². The number of morpholine rings is 1. The summed E-state index contributed by atoms with van der Waals surface area (Å²) < 4.78 is 7.91. The molecular formula is C14H25N5O. The SMILES string of the molecule is Cc1nn(C)c(N2CC(C)(C)OC(C)(C)C2)c1C(=N)N. The third-order valence-corrected chi connectivity index (χ3v) is 3.46. The van der Waals surface area contributed by atoms with Crippen molar-refractivity contribution in [3.8, 4) is 0 Å². The average molecular weight is 279 g/mol. The minimum atomic E-state index is -0.256. The Bertz CT molecular complexity index is 528. The Labute approximate surface area is 120 Å². The van der Waals surface area contributed by atoms with Gasteiger partial charge in [-0.1, -0.05) is 0 Å². The molecule has 0 radical (unpaired) electrons. The molecule has 112 valence electrons. The Morgan fingerprint density at radius 2 is 1.75 bits per heavy atom. The second-order valence-electron chi connectivity index (χ2n) is 6.80. The highest BCUT2D eigenvalue weighted by Gasteiger charge is 2.40. The molecule has 2 heterocycles. The number of aromatic nitrogens is 2. The van der Waals surface area contributed by atoms with Crippen LogP contribution in [0.4, 0.5) is 5.82 Å². The summed E-state index contributed by atoms with van der Waals surface area (Å²) in [4.78, 5) is 2.22.